The van der Waals surface area contributed by atoms with Gasteiger partial charge in [-0.2, -0.15) is 11.8 Å². The first kappa shape index (κ1) is 18.5. The van der Waals surface area contributed by atoms with Crippen molar-refractivity contribution >= 4 is 29.5 Å². The number of nitrogens with one attached hydrogen (secondary N) is 1. The Morgan fingerprint density at radius 1 is 1.35 bits per heavy atom. The average molecular weight is 352 g/mol. The van der Waals surface area contributed by atoms with Crippen LogP contribution in [0, 0.1) is 5.92 Å². The maximum Gasteiger partial charge on any atom is 0.193 e. The summed E-state index contributed by atoms with van der Waals surface area (Å²) in [7, 11) is 1.89. The quantitative estimate of drug-likeness (QED) is 0.479. The lowest BCUT2D eigenvalue weighted by Gasteiger charge is -2.27. The molecule has 1 aliphatic rings. The van der Waals surface area contributed by atoms with Gasteiger partial charge >= 0.3 is 0 Å². The number of hydrogen-bond acceptors (Lipinski definition) is 3. The second-order valence-corrected chi connectivity index (χ2v) is 9.20. The molecule has 0 aromatic heterocycles. The van der Waals surface area contributed by atoms with E-state index in [0.717, 1.165) is 31.5 Å². The highest BCUT2D eigenvalue weighted by Gasteiger charge is 2.26. The third-order valence-corrected chi connectivity index (χ3v) is 6.74. The van der Waals surface area contributed by atoms with Crippen molar-refractivity contribution in [1.82, 2.24) is 10.2 Å². The van der Waals surface area contributed by atoms with Crippen LogP contribution in [0.15, 0.2) is 40.2 Å². The van der Waals surface area contributed by atoms with E-state index in [4.69, 9.17) is 0 Å². The zero-order valence-electron chi connectivity index (χ0n) is 14.7. The molecule has 3 nitrogen and oxygen atoms in total. The maximum absolute atomic E-state index is 4.48. The van der Waals surface area contributed by atoms with E-state index in [1.165, 1.54) is 17.1 Å². The van der Waals surface area contributed by atoms with Gasteiger partial charge in [0.1, 0.15) is 0 Å². The van der Waals surface area contributed by atoms with Gasteiger partial charge in [-0.1, -0.05) is 18.2 Å². The topological polar surface area (TPSA) is 27.6 Å². The molecule has 5 heteroatoms. The second kappa shape index (κ2) is 8.88. The molecule has 1 fully saturated rings. The predicted molar refractivity (Wildman–Crippen MR) is 106 cm³/mol. The van der Waals surface area contributed by atoms with Crippen LogP contribution in [0.5, 0.6) is 0 Å². The molecule has 1 unspecified atom stereocenters. The summed E-state index contributed by atoms with van der Waals surface area (Å²) in [5.41, 5.74) is 0. The predicted octanol–water partition coefficient (Wildman–Crippen LogP) is 3.82. The third-order valence-electron chi connectivity index (χ3n) is 4.25. The Hall–Kier alpha value is -0.810. The zero-order valence-corrected chi connectivity index (χ0v) is 16.3. The highest BCUT2D eigenvalue weighted by atomic mass is 32.2. The molecule has 1 aromatic rings. The van der Waals surface area contributed by atoms with Crippen molar-refractivity contribution in [3.63, 3.8) is 0 Å². The Morgan fingerprint density at radius 3 is 2.74 bits per heavy atom. The highest BCUT2D eigenvalue weighted by Crippen LogP contribution is 2.26. The lowest BCUT2D eigenvalue weighted by atomic mass is 10.2. The van der Waals surface area contributed by atoms with Gasteiger partial charge in [0.15, 0.2) is 5.96 Å². The van der Waals surface area contributed by atoms with Gasteiger partial charge in [-0.25, -0.2) is 0 Å². The van der Waals surface area contributed by atoms with Crippen molar-refractivity contribution in [3.05, 3.63) is 30.3 Å². The number of aliphatic imine (C=N–C) groups is 1. The minimum atomic E-state index is 0.234. The number of likely N-dealkylation sites (tertiary alicyclic amines) is 1. The zero-order chi connectivity index (χ0) is 16.7. The van der Waals surface area contributed by atoms with Gasteiger partial charge < -0.3 is 10.2 Å². The van der Waals surface area contributed by atoms with Crippen molar-refractivity contribution in [1.29, 1.82) is 0 Å². The van der Waals surface area contributed by atoms with Crippen LogP contribution in [0.1, 0.15) is 20.3 Å². The van der Waals surface area contributed by atoms with E-state index in [0.29, 0.717) is 0 Å². The Balaban J connectivity index is 1.79. The van der Waals surface area contributed by atoms with Crippen LogP contribution < -0.4 is 5.32 Å². The van der Waals surface area contributed by atoms with Crippen molar-refractivity contribution in [2.45, 2.75) is 29.9 Å². The molecule has 1 atom stereocenters. The van der Waals surface area contributed by atoms with E-state index in [2.05, 4.69) is 65.6 Å². The molecule has 1 N–H and O–H groups in total. The summed E-state index contributed by atoms with van der Waals surface area (Å²) >= 11 is 3.86. The molecular formula is C18H29N3S2. The third kappa shape index (κ3) is 5.96. The lowest BCUT2D eigenvalue weighted by Crippen LogP contribution is -2.44. The van der Waals surface area contributed by atoms with Gasteiger partial charge in [0.05, 0.1) is 0 Å². The lowest BCUT2D eigenvalue weighted by molar-refractivity contribution is 0.470. The van der Waals surface area contributed by atoms with Crippen molar-refractivity contribution < 1.29 is 0 Å². The molecule has 0 saturated carbocycles. The van der Waals surface area contributed by atoms with Crippen molar-refractivity contribution in [3.8, 4) is 0 Å². The number of rotatable bonds is 6. The Bertz CT molecular complexity index is 502. The van der Waals surface area contributed by atoms with E-state index in [1.807, 2.05) is 30.6 Å². The van der Waals surface area contributed by atoms with Crippen LogP contribution in [0.25, 0.3) is 0 Å². The van der Waals surface area contributed by atoms with Crippen LogP contribution in [-0.4, -0.2) is 54.3 Å². The van der Waals surface area contributed by atoms with Crippen molar-refractivity contribution in [2.24, 2.45) is 10.9 Å². The Labute approximate surface area is 149 Å². The van der Waals surface area contributed by atoms with Gasteiger partial charge in [0.2, 0.25) is 0 Å². The first-order valence-electron chi connectivity index (χ1n) is 8.22. The number of thioether (sulfide) groups is 2. The molecule has 0 spiro atoms. The summed E-state index contributed by atoms with van der Waals surface area (Å²) in [4.78, 5) is 8.26. The normalized spacial score (nSPS) is 19.2. The van der Waals surface area contributed by atoms with E-state index in [9.17, 15) is 0 Å². The largest absolute Gasteiger partial charge is 0.355 e. The van der Waals surface area contributed by atoms with E-state index in [1.54, 1.807) is 0 Å². The van der Waals surface area contributed by atoms with Gasteiger partial charge in [-0.05, 0) is 44.6 Å². The molecule has 0 radical (unpaired) electrons. The Kier molecular flexibility index (Phi) is 7.15. The average Bonchev–Trinajstić information content (AvgIpc) is 3.03. The molecule has 2 rings (SSSR count). The molecular weight excluding hydrogens is 322 g/mol. The molecule has 128 valence electrons. The summed E-state index contributed by atoms with van der Waals surface area (Å²) in [6.45, 7) is 7.70. The molecule has 0 amide bonds. The summed E-state index contributed by atoms with van der Waals surface area (Å²) in [6.07, 6.45) is 3.42. The summed E-state index contributed by atoms with van der Waals surface area (Å²) in [5, 5.41) is 3.55. The van der Waals surface area contributed by atoms with E-state index >= 15 is 0 Å². The number of guanidine groups is 1. The molecule has 1 heterocycles. The SMILES string of the molecule is CN=C(NCC(C)(C)SC)N1CCC(CSc2ccccc2)C1. The fourth-order valence-corrected chi connectivity index (χ4v) is 3.85. The molecule has 0 aliphatic carbocycles. The summed E-state index contributed by atoms with van der Waals surface area (Å²) in [5.74, 6) is 2.99. The molecule has 1 aromatic carbocycles. The van der Waals surface area contributed by atoms with Gasteiger partial charge in [-0.3, -0.25) is 4.99 Å². The van der Waals surface area contributed by atoms with Crippen LogP contribution in [-0.2, 0) is 0 Å². The first-order chi connectivity index (χ1) is 11.0. The van der Waals surface area contributed by atoms with E-state index < -0.39 is 0 Å². The maximum atomic E-state index is 4.48. The minimum Gasteiger partial charge on any atom is -0.355 e. The summed E-state index contributed by atoms with van der Waals surface area (Å²) in [6, 6.07) is 10.7. The van der Waals surface area contributed by atoms with Crippen LogP contribution in [0.3, 0.4) is 0 Å². The minimum absolute atomic E-state index is 0.234. The number of nitrogens with zero attached hydrogens (tertiary/aromatic N) is 2. The van der Waals surface area contributed by atoms with Crippen LogP contribution in [0.4, 0.5) is 0 Å². The standard InChI is InChI=1S/C18H29N3S2/c1-18(2,22-4)14-20-17(19-3)21-11-10-15(12-21)13-23-16-8-6-5-7-9-16/h5-9,15H,10-14H2,1-4H3,(H,19,20). The number of hydrogen-bond donors (Lipinski definition) is 1. The van der Waals surface area contributed by atoms with Gasteiger partial charge in [-0.15, -0.1) is 11.8 Å². The fraction of sp³-hybridized carbons (Fsp3) is 0.611. The monoisotopic (exact) mass is 351 g/mol. The first-order valence-corrected chi connectivity index (χ1v) is 10.4. The number of benzene rings is 1. The van der Waals surface area contributed by atoms with Gasteiger partial charge in [0.25, 0.3) is 0 Å². The fourth-order valence-electron chi connectivity index (χ4n) is 2.59. The molecule has 1 saturated heterocycles. The molecule has 0 bridgehead atoms. The second-order valence-electron chi connectivity index (χ2n) is 6.59. The summed E-state index contributed by atoms with van der Waals surface area (Å²) < 4.78 is 0.234. The van der Waals surface area contributed by atoms with E-state index in [-0.39, 0.29) is 4.75 Å². The van der Waals surface area contributed by atoms with Crippen LogP contribution >= 0.6 is 23.5 Å². The molecule has 23 heavy (non-hydrogen) atoms. The van der Waals surface area contributed by atoms with Crippen molar-refractivity contribution in [2.75, 3.05) is 38.7 Å². The molecule has 1 aliphatic heterocycles. The Morgan fingerprint density at radius 2 is 2.09 bits per heavy atom. The van der Waals surface area contributed by atoms with Crippen LogP contribution in [0.2, 0.25) is 0 Å². The smallest absolute Gasteiger partial charge is 0.193 e. The van der Waals surface area contributed by atoms with Gasteiger partial charge in [0, 0.05) is 42.1 Å². The highest BCUT2D eigenvalue weighted by molar-refractivity contribution is 8.00.